The number of rotatable bonds is 46. The average molecular weight is 841 g/mol. The summed E-state index contributed by atoms with van der Waals surface area (Å²) in [5, 5.41) is 0. The minimum absolute atomic E-state index is 0.128. The highest BCUT2D eigenvalue weighted by Gasteiger charge is 2.23. The number of unbranched alkanes of at least 4 members (excludes halogenated alkanes) is 24. The summed E-state index contributed by atoms with van der Waals surface area (Å²) in [6.45, 7) is 13.8. The quantitative estimate of drug-likeness (QED) is 0.0450. The van der Waals surface area contributed by atoms with E-state index < -0.39 is 0 Å². The molecule has 0 aliphatic heterocycles. The topological polar surface area (TPSA) is 52.6 Å². The van der Waals surface area contributed by atoms with Gasteiger partial charge in [0.05, 0.1) is 26.1 Å². The van der Waals surface area contributed by atoms with E-state index in [9.17, 15) is 9.59 Å². The van der Waals surface area contributed by atoms with E-state index in [1.54, 1.807) is 0 Å². The third-order valence-electron chi connectivity index (χ3n) is 11.7. The van der Waals surface area contributed by atoms with Gasteiger partial charge in [0.25, 0.3) is 0 Å². The molecule has 6 heteroatoms. The predicted molar refractivity (Wildman–Crippen MR) is 257 cm³/mol. The summed E-state index contributed by atoms with van der Waals surface area (Å²) < 4.78 is 11.4. The third-order valence-corrected chi connectivity index (χ3v) is 14.1. The summed E-state index contributed by atoms with van der Waals surface area (Å²) in [6, 6.07) is 0. The minimum atomic E-state index is -0.387. The number of thioether (sulfide) groups is 2. The lowest BCUT2D eigenvalue weighted by molar-refractivity contribution is -0.152. The zero-order valence-electron chi connectivity index (χ0n) is 39.4. The number of hydrogen-bond acceptors (Lipinski definition) is 6. The van der Waals surface area contributed by atoms with Gasteiger partial charge in [-0.2, -0.15) is 23.5 Å². The van der Waals surface area contributed by atoms with Crippen LogP contribution in [0.1, 0.15) is 260 Å². The van der Waals surface area contributed by atoms with Crippen LogP contribution in [-0.4, -0.2) is 48.2 Å². The zero-order valence-corrected chi connectivity index (χ0v) is 41.0. The third kappa shape index (κ3) is 42.1. The van der Waals surface area contributed by atoms with E-state index in [2.05, 4.69) is 27.7 Å². The van der Waals surface area contributed by atoms with Crippen molar-refractivity contribution in [1.29, 1.82) is 0 Å². The Morgan fingerprint density at radius 3 is 0.912 bits per heavy atom. The summed E-state index contributed by atoms with van der Waals surface area (Å²) in [6.07, 6.45) is 44.7. The molecule has 2 unspecified atom stereocenters. The highest BCUT2D eigenvalue weighted by Crippen LogP contribution is 2.26. The lowest BCUT2D eigenvalue weighted by Gasteiger charge is -2.23. The molecule has 0 fully saturated rings. The van der Waals surface area contributed by atoms with Crippen molar-refractivity contribution in [3.8, 4) is 0 Å². The maximum absolute atomic E-state index is 12.7. The molecule has 0 aromatic rings. The molecule has 0 rings (SSSR count). The summed E-state index contributed by atoms with van der Waals surface area (Å²) in [5.41, 5.74) is -0.387. The normalized spacial score (nSPS) is 12.9. The minimum Gasteiger partial charge on any atom is -0.465 e. The van der Waals surface area contributed by atoms with Crippen molar-refractivity contribution in [3.63, 3.8) is 0 Å². The van der Waals surface area contributed by atoms with Crippen LogP contribution in [0, 0.1) is 17.3 Å². The molecule has 0 heterocycles. The van der Waals surface area contributed by atoms with Crippen LogP contribution in [0.25, 0.3) is 0 Å². The van der Waals surface area contributed by atoms with Gasteiger partial charge in [0.15, 0.2) is 0 Å². The van der Waals surface area contributed by atoms with Gasteiger partial charge < -0.3 is 9.47 Å². The molecule has 0 bridgehead atoms. The van der Waals surface area contributed by atoms with Crippen LogP contribution in [-0.2, 0) is 19.1 Å². The van der Waals surface area contributed by atoms with Crippen LogP contribution >= 0.6 is 23.5 Å². The molecule has 0 saturated carbocycles. The van der Waals surface area contributed by atoms with Gasteiger partial charge >= 0.3 is 11.9 Å². The summed E-state index contributed by atoms with van der Waals surface area (Å²) >= 11 is 3.88. The van der Waals surface area contributed by atoms with Crippen LogP contribution in [0.3, 0.4) is 0 Å². The van der Waals surface area contributed by atoms with Crippen LogP contribution in [0.4, 0.5) is 0 Å². The molecule has 0 aliphatic carbocycles. The Morgan fingerprint density at radius 1 is 0.404 bits per heavy atom. The highest BCUT2D eigenvalue weighted by atomic mass is 32.2. The van der Waals surface area contributed by atoms with E-state index >= 15 is 0 Å². The highest BCUT2D eigenvalue weighted by molar-refractivity contribution is 7.99. The Balaban J connectivity index is 4.38. The van der Waals surface area contributed by atoms with Gasteiger partial charge in [0.2, 0.25) is 0 Å². The van der Waals surface area contributed by atoms with E-state index in [-0.39, 0.29) is 30.6 Å². The fourth-order valence-electron chi connectivity index (χ4n) is 7.73. The van der Waals surface area contributed by atoms with Gasteiger partial charge in [-0.3, -0.25) is 9.59 Å². The number of carbonyl (C=O) groups is 2. The molecular formula is C51H100O4S2. The summed E-state index contributed by atoms with van der Waals surface area (Å²) in [7, 11) is 0. The first-order valence-electron chi connectivity index (χ1n) is 25.2. The molecule has 0 amide bonds. The van der Waals surface area contributed by atoms with Crippen molar-refractivity contribution < 1.29 is 19.1 Å². The van der Waals surface area contributed by atoms with Gasteiger partial charge in [0, 0.05) is 16.9 Å². The molecule has 2 atom stereocenters. The molecule has 340 valence electrons. The second-order valence-corrected chi connectivity index (χ2v) is 20.8. The standard InChI is InChI=1S/C51H100O4S2/c1-7-11-15-19-23-25-29-33-37-47(35-31-27-21-17-13-9-3)43-56-41-39-49(52)54-45-51(5,6)46-55-50(53)40-42-57-44-48(36-32-28-22-18-14-10-4)38-34-30-26-24-20-16-12-8-2/h47-48H,7-46H2,1-6H3. The molecule has 0 aromatic heterocycles. The molecule has 0 aliphatic rings. The lowest BCUT2D eigenvalue weighted by Crippen LogP contribution is -2.28. The number of hydrogen-bond donors (Lipinski definition) is 0. The average Bonchev–Trinajstić information content (AvgIpc) is 3.20. The predicted octanol–water partition coefficient (Wildman–Crippen LogP) is 17.1. The van der Waals surface area contributed by atoms with E-state index in [1.165, 1.54) is 205 Å². The van der Waals surface area contributed by atoms with E-state index in [0.717, 1.165) is 34.8 Å². The maximum Gasteiger partial charge on any atom is 0.306 e. The molecule has 0 N–H and O–H groups in total. The molecule has 0 aromatic carbocycles. The van der Waals surface area contributed by atoms with Crippen molar-refractivity contribution in [2.75, 3.05) is 36.2 Å². The van der Waals surface area contributed by atoms with Crippen molar-refractivity contribution >= 4 is 35.5 Å². The first-order chi connectivity index (χ1) is 27.8. The largest absolute Gasteiger partial charge is 0.465 e. The molecular weight excluding hydrogens is 741 g/mol. The molecule has 0 spiro atoms. The first kappa shape index (κ1) is 56.6. The fraction of sp³-hybridized carbons (Fsp3) is 0.961. The summed E-state index contributed by atoms with van der Waals surface area (Å²) in [5.74, 6) is 5.28. The van der Waals surface area contributed by atoms with Gasteiger partial charge in [-0.25, -0.2) is 0 Å². The molecule has 4 nitrogen and oxygen atoms in total. The Hall–Kier alpha value is -0.360. The Morgan fingerprint density at radius 2 is 0.649 bits per heavy atom. The van der Waals surface area contributed by atoms with Crippen LogP contribution in [0.2, 0.25) is 0 Å². The SMILES string of the molecule is CCCCCCCCCCC(CCCCCCCC)CSCCC(=O)OCC(C)(C)COC(=O)CCSCC(CCCCCCCC)CCCCCCCCCC. The Kier molecular flexibility index (Phi) is 43.4. The summed E-state index contributed by atoms with van der Waals surface area (Å²) in [4.78, 5) is 25.3. The molecule has 57 heavy (non-hydrogen) atoms. The molecule has 0 radical (unpaired) electrons. The second kappa shape index (κ2) is 43.7. The van der Waals surface area contributed by atoms with Crippen molar-refractivity contribution in [2.24, 2.45) is 17.3 Å². The Bertz CT molecular complexity index is 783. The van der Waals surface area contributed by atoms with Gasteiger partial charge in [-0.15, -0.1) is 0 Å². The first-order valence-corrected chi connectivity index (χ1v) is 27.6. The monoisotopic (exact) mass is 841 g/mol. The van der Waals surface area contributed by atoms with Crippen molar-refractivity contribution in [2.45, 2.75) is 260 Å². The zero-order chi connectivity index (χ0) is 41.9. The van der Waals surface area contributed by atoms with Gasteiger partial charge in [-0.1, -0.05) is 221 Å². The number of ether oxygens (including phenoxy) is 2. The number of carbonyl (C=O) groups excluding carboxylic acids is 2. The molecule has 0 saturated heterocycles. The van der Waals surface area contributed by atoms with Gasteiger partial charge in [-0.05, 0) is 49.0 Å². The van der Waals surface area contributed by atoms with Crippen LogP contribution in [0.5, 0.6) is 0 Å². The van der Waals surface area contributed by atoms with E-state index in [1.807, 2.05) is 37.4 Å². The fourth-order valence-corrected chi connectivity index (χ4v) is 10.0. The second-order valence-electron chi connectivity index (χ2n) is 18.5. The smallest absolute Gasteiger partial charge is 0.306 e. The maximum atomic E-state index is 12.7. The van der Waals surface area contributed by atoms with Crippen molar-refractivity contribution in [1.82, 2.24) is 0 Å². The van der Waals surface area contributed by atoms with Crippen molar-refractivity contribution in [3.05, 3.63) is 0 Å². The van der Waals surface area contributed by atoms with Crippen LogP contribution < -0.4 is 0 Å². The van der Waals surface area contributed by atoms with E-state index in [0.29, 0.717) is 12.8 Å². The Labute approximate surface area is 366 Å². The van der Waals surface area contributed by atoms with E-state index in [4.69, 9.17) is 9.47 Å². The van der Waals surface area contributed by atoms with Gasteiger partial charge in [0.1, 0.15) is 0 Å². The number of esters is 2. The van der Waals surface area contributed by atoms with Crippen LogP contribution in [0.15, 0.2) is 0 Å². The lowest BCUT2D eigenvalue weighted by atomic mass is 9.95.